The predicted octanol–water partition coefficient (Wildman–Crippen LogP) is 5.93. The summed E-state index contributed by atoms with van der Waals surface area (Å²) in [4.78, 5) is 2.13. The number of alkyl halides is 1. The van der Waals surface area contributed by atoms with Crippen molar-refractivity contribution in [2.45, 2.75) is 44.9 Å². The van der Waals surface area contributed by atoms with Crippen LogP contribution >= 0.6 is 22.6 Å². The minimum atomic E-state index is 1.21. The first kappa shape index (κ1) is 17.5. The molecule has 0 N–H and O–H groups in total. The first-order valence-electron chi connectivity index (χ1n) is 7.74. The number of anilines is 1. The monoisotopic (exact) mass is 385 g/mol. The Hall–Kier alpha value is -0.510. The van der Waals surface area contributed by atoms with Gasteiger partial charge >= 0.3 is 0 Å². The van der Waals surface area contributed by atoms with E-state index in [-0.39, 0.29) is 0 Å². The van der Waals surface area contributed by atoms with Gasteiger partial charge in [0.15, 0.2) is 0 Å². The van der Waals surface area contributed by atoms with E-state index in [1.165, 1.54) is 60.6 Å². The van der Waals surface area contributed by atoms with E-state index in [9.17, 15) is 0 Å². The number of allylic oxidation sites excluding steroid dienone is 1. The van der Waals surface area contributed by atoms with Crippen LogP contribution in [0.3, 0.4) is 0 Å². The van der Waals surface area contributed by atoms with Gasteiger partial charge < -0.3 is 4.90 Å². The summed E-state index contributed by atoms with van der Waals surface area (Å²) in [6.45, 7) is 0. The molecule has 1 aromatic rings. The summed E-state index contributed by atoms with van der Waals surface area (Å²) in [6.07, 6.45) is 14.1. The van der Waals surface area contributed by atoms with Gasteiger partial charge in [-0.05, 0) is 41.4 Å². The van der Waals surface area contributed by atoms with Gasteiger partial charge in [-0.1, -0.05) is 72.6 Å². The summed E-state index contributed by atoms with van der Waals surface area (Å²) in [7, 11) is 4.15. The van der Waals surface area contributed by atoms with Crippen molar-refractivity contribution in [3.8, 4) is 0 Å². The number of nitrogens with zero attached hydrogens (tertiary/aromatic N) is 1. The first-order chi connectivity index (χ1) is 9.74. The van der Waals surface area contributed by atoms with Crippen LogP contribution in [0.5, 0.6) is 0 Å². The van der Waals surface area contributed by atoms with Crippen molar-refractivity contribution < 1.29 is 0 Å². The molecule has 1 nitrogen and oxygen atoms in total. The molecule has 0 atom stereocenters. The molecule has 0 aliphatic carbocycles. The SMILES string of the molecule is CN(C)c1ccc(C=CCCCCCCCCI)cc1. The van der Waals surface area contributed by atoms with Crippen LogP contribution in [0.25, 0.3) is 6.08 Å². The molecule has 0 aromatic heterocycles. The van der Waals surface area contributed by atoms with Crippen LogP contribution in [-0.2, 0) is 0 Å². The second-order valence-corrected chi connectivity index (χ2v) is 6.57. The lowest BCUT2D eigenvalue weighted by Crippen LogP contribution is -2.07. The average molecular weight is 385 g/mol. The highest BCUT2D eigenvalue weighted by atomic mass is 127. The molecule has 0 heterocycles. The minimum absolute atomic E-state index is 1.21. The molecule has 0 radical (unpaired) electrons. The smallest absolute Gasteiger partial charge is 0.0361 e. The lowest BCUT2D eigenvalue weighted by atomic mass is 10.1. The molecule has 0 saturated carbocycles. The van der Waals surface area contributed by atoms with Crippen molar-refractivity contribution in [3.05, 3.63) is 35.9 Å². The maximum Gasteiger partial charge on any atom is 0.0361 e. The lowest BCUT2D eigenvalue weighted by molar-refractivity contribution is 0.615. The molecule has 0 unspecified atom stereocenters. The quantitative estimate of drug-likeness (QED) is 0.274. The van der Waals surface area contributed by atoms with Gasteiger partial charge in [0.2, 0.25) is 0 Å². The molecule has 0 aliphatic heterocycles. The first-order valence-corrected chi connectivity index (χ1v) is 9.26. The van der Waals surface area contributed by atoms with Crippen LogP contribution in [0.15, 0.2) is 30.3 Å². The maximum atomic E-state index is 2.47. The van der Waals surface area contributed by atoms with Crippen LogP contribution < -0.4 is 4.90 Å². The molecule has 0 fully saturated rings. The number of hydrogen-bond acceptors (Lipinski definition) is 1. The number of hydrogen-bond donors (Lipinski definition) is 0. The Morgan fingerprint density at radius 1 is 0.900 bits per heavy atom. The fourth-order valence-electron chi connectivity index (χ4n) is 2.17. The van der Waals surface area contributed by atoms with E-state index in [0.29, 0.717) is 0 Å². The van der Waals surface area contributed by atoms with Crippen molar-refractivity contribution >= 4 is 34.4 Å². The molecule has 0 bridgehead atoms. The summed E-state index contributed by atoms with van der Waals surface area (Å²) < 4.78 is 1.31. The normalized spacial score (nSPS) is 11.2. The van der Waals surface area contributed by atoms with Crippen LogP contribution in [0.4, 0.5) is 5.69 Å². The Balaban J connectivity index is 2.12. The summed E-state index contributed by atoms with van der Waals surface area (Å²) in [5, 5.41) is 0. The summed E-state index contributed by atoms with van der Waals surface area (Å²) in [5.74, 6) is 0. The Morgan fingerprint density at radius 2 is 1.50 bits per heavy atom. The van der Waals surface area contributed by atoms with E-state index in [1.807, 2.05) is 0 Å². The Bertz CT molecular complexity index is 368. The van der Waals surface area contributed by atoms with Gasteiger partial charge in [-0.2, -0.15) is 0 Å². The highest BCUT2D eigenvalue weighted by molar-refractivity contribution is 14.1. The zero-order valence-corrected chi connectivity index (χ0v) is 15.1. The van der Waals surface area contributed by atoms with Gasteiger partial charge in [0.1, 0.15) is 0 Å². The Kier molecular flexibility index (Phi) is 9.81. The third-order valence-electron chi connectivity index (χ3n) is 3.47. The molecule has 0 aliphatic rings. The van der Waals surface area contributed by atoms with Gasteiger partial charge in [0.25, 0.3) is 0 Å². The van der Waals surface area contributed by atoms with Gasteiger partial charge in [-0.25, -0.2) is 0 Å². The molecule has 1 aromatic carbocycles. The molecule has 1 rings (SSSR count). The van der Waals surface area contributed by atoms with Gasteiger partial charge in [0.05, 0.1) is 0 Å². The van der Waals surface area contributed by atoms with E-state index in [4.69, 9.17) is 0 Å². The number of halogens is 1. The zero-order chi connectivity index (χ0) is 14.6. The third kappa shape index (κ3) is 7.93. The van der Waals surface area contributed by atoms with E-state index < -0.39 is 0 Å². The molecule has 2 heteroatoms. The van der Waals surface area contributed by atoms with Gasteiger partial charge in [0, 0.05) is 19.8 Å². The highest BCUT2D eigenvalue weighted by Crippen LogP contribution is 2.14. The molecule has 0 saturated heterocycles. The van der Waals surface area contributed by atoms with Crippen molar-refractivity contribution in [2.75, 3.05) is 23.4 Å². The molecule has 20 heavy (non-hydrogen) atoms. The largest absolute Gasteiger partial charge is 0.378 e. The summed E-state index contributed by atoms with van der Waals surface area (Å²) in [6, 6.07) is 8.73. The van der Waals surface area contributed by atoms with Crippen LogP contribution in [0.1, 0.15) is 50.5 Å². The second-order valence-electron chi connectivity index (χ2n) is 5.49. The standard InChI is InChI=1S/C18H28IN/c1-20(2)18-14-12-17(13-15-18)11-9-7-5-3-4-6-8-10-16-19/h9,11-15H,3-8,10,16H2,1-2H3. The van der Waals surface area contributed by atoms with Gasteiger partial charge in [-0.3, -0.25) is 0 Å². The van der Waals surface area contributed by atoms with Crippen LogP contribution in [0.2, 0.25) is 0 Å². The van der Waals surface area contributed by atoms with Crippen LogP contribution in [0, 0.1) is 0 Å². The van der Waals surface area contributed by atoms with E-state index in [1.54, 1.807) is 0 Å². The maximum absolute atomic E-state index is 2.47. The topological polar surface area (TPSA) is 3.24 Å². The highest BCUT2D eigenvalue weighted by Gasteiger charge is 1.93. The van der Waals surface area contributed by atoms with Crippen LogP contribution in [-0.4, -0.2) is 18.5 Å². The van der Waals surface area contributed by atoms with E-state index in [2.05, 4.69) is 78.0 Å². The summed E-state index contributed by atoms with van der Waals surface area (Å²) >= 11 is 2.47. The second kappa shape index (κ2) is 11.2. The molecular weight excluding hydrogens is 357 g/mol. The fourth-order valence-corrected chi connectivity index (χ4v) is 2.71. The predicted molar refractivity (Wildman–Crippen MR) is 101 cm³/mol. The van der Waals surface area contributed by atoms with Crippen molar-refractivity contribution in [1.29, 1.82) is 0 Å². The fraction of sp³-hybridized carbons (Fsp3) is 0.556. The Labute approximate surface area is 138 Å². The van der Waals surface area contributed by atoms with Crippen molar-refractivity contribution in [3.63, 3.8) is 0 Å². The number of unbranched alkanes of at least 4 members (excludes halogenated alkanes) is 6. The lowest BCUT2D eigenvalue weighted by Gasteiger charge is -2.11. The minimum Gasteiger partial charge on any atom is -0.378 e. The zero-order valence-electron chi connectivity index (χ0n) is 12.9. The third-order valence-corrected chi connectivity index (χ3v) is 4.24. The van der Waals surface area contributed by atoms with E-state index >= 15 is 0 Å². The summed E-state index contributed by atoms with van der Waals surface area (Å²) in [5.41, 5.74) is 2.56. The molecule has 0 amide bonds. The Morgan fingerprint density at radius 3 is 2.10 bits per heavy atom. The molecule has 112 valence electrons. The molecule has 0 spiro atoms. The van der Waals surface area contributed by atoms with Crippen molar-refractivity contribution in [1.82, 2.24) is 0 Å². The number of rotatable bonds is 10. The average Bonchev–Trinajstić information content (AvgIpc) is 2.46. The van der Waals surface area contributed by atoms with E-state index in [0.717, 1.165) is 0 Å². The number of benzene rings is 1. The van der Waals surface area contributed by atoms with Gasteiger partial charge in [-0.15, -0.1) is 0 Å². The van der Waals surface area contributed by atoms with Crippen molar-refractivity contribution in [2.24, 2.45) is 0 Å². The molecular formula is C18H28IN.